The van der Waals surface area contributed by atoms with Gasteiger partial charge in [0.25, 0.3) is 5.91 Å². The van der Waals surface area contributed by atoms with Crippen LogP contribution in [0.5, 0.6) is 0 Å². The lowest BCUT2D eigenvalue weighted by Crippen LogP contribution is -2.32. The number of rotatable bonds is 6. The fourth-order valence-electron chi connectivity index (χ4n) is 5.23. The maximum absolute atomic E-state index is 13.2. The molecule has 0 radical (unpaired) electrons. The lowest BCUT2D eigenvalue weighted by atomic mass is 10.2. The van der Waals surface area contributed by atoms with Crippen LogP contribution in [0.15, 0.2) is 152 Å². The van der Waals surface area contributed by atoms with Gasteiger partial charge in [0.1, 0.15) is 23.2 Å². The highest BCUT2D eigenvalue weighted by atomic mass is 79.9. The monoisotopic (exact) mass is 576 g/mol. The highest BCUT2D eigenvalue weighted by molar-refractivity contribution is 8.93. The van der Waals surface area contributed by atoms with Crippen LogP contribution < -0.4 is 15.9 Å². The van der Waals surface area contributed by atoms with E-state index in [4.69, 9.17) is 0 Å². The average molecular weight is 577 g/mol. The van der Waals surface area contributed by atoms with Crippen molar-refractivity contribution < 1.29 is 4.79 Å². The van der Waals surface area contributed by atoms with Gasteiger partial charge in [0.05, 0.1) is 11.7 Å². The summed E-state index contributed by atoms with van der Waals surface area (Å²) in [5.41, 5.74) is 2.88. The van der Waals surface area contributed by atoms with E-state index in [9.17, 15) is 4.79 Å². The molecule has 0 spiro atoms. The number of carbonyl (C=O) groups excluding carboxylic acids is 1. The molecule has 0 atom stereocenters. The number of aromatic nitrogens is 1. The molecule has 1 heterocycles. The zero-order valence-corrected chi connectivity index (χ0v) is 23.5. The molecule has 0 bridgehead atoms. The van der Waals surface area contributed by atoms with Gasteiger partial charge in [-0.2, -0.15) is 0 Å². The van der Waals surface area contributed by atoms with E-state index < -0.39 is 7.26 Å². The van der Waals surface area contributed by atoms with Gasteiger partial charge in [-0.3, -0.25) is 9.36 Å². The minimum atomic E-state index is -1.99. The van der Waals surface area contributed by atoms with Crippen LogP contribution in [0.1, 0.15) is 15.9 Å². The lowest BCUT2D eigenvalue weighted by Gasteiger charge is -2.28. The molecule has 0 aliphatic carbocycles. The second kappa shape index (κ2) is 11.3. The molecule has 1 aromatic heterocycles. The molecule has 0 aliphatic heterocycles. The molecular formula is C34H28BrNOP+. The zero-order chi connectivity index (χ0) is 25.1. The molecule has 0 unspecified atom stereocenters. The largest absolute Gasteiger partial charge is 0.283 e. The molecule has 0 N–H and O–H groups in total. The number of nitrogens with zero attached hydrogens (tertiary/aromatic N) is 1. The highest BCUT2D eigenvalue weighted by Crippen LogP contribution is 2.58. The molecule has 6 aromatic rings. The first kappa shape index (κ1) is 25.9. The number of benzene rings is 5. The van der Waals surface area contributed by atoms with Gasteiger partial charge in [0, 0.05) is 17.1 Å². The van der Waals surface area contributed by atoms with Crippen LogP contribution in [0.2, 0.25) is 0 Å². The first-order chi connectivity index (χ1) is 18.3. The van der Waals surface area contributed by atoms with Crippen LogP contribution in [0.3, 0.4) is 0 Å². The number of hydrogen-bond acceptors (Lipinski definition) is 1. The Labute approximate surface area is 234 Å². The molecule has 38 heavy (non-hydrogen) atoms. The van der Waals surface area contributed by atoms with Gasteiger partial charge in [-0.15, -0.1) is 17.0 Å². The number of hydrogen-bond donors (Lipinski definition) is 0. The zero-order valence-electron chi connectivity index (χ0n) is 20.9. The van der Waals surface area contributed by atoms with Gasteiger partial charge >= 0.3 is 0 Å². The van der Waals surface area contributed by atoms with E-state index in [1.54, 1.807) is 4.57 Å². The standard InChI is InChI=1S/C34H27NOP.BrH/c36-34(28-13-5-1-6-14-28)35-24-23-29-25-27(21-22-33(29)35)26-37(30-15-7-2-8-16-30,31-17-9-3-10-18-31)32-19-11-4-12-20-32;/h1-25H,26H2;1H/q+1;. The average Bonchev–Trinajstić information content (AvgIpc) is 3.40. The van der Waals surface area contributed by atoms with Crippen molar-refractivity contribution in [2.24, 2.45) is 0 Å². The van der Waals surface area contributed by atoms with Crippen LogP contribution in [-0.2, 0) is 6.16 Å². The Morgan fingerprint density at radius 1 is 0.579 bits per heavy atom. The summed E-state index contributed by atoms with van der Waals surface area (Å²) >= 11 is 0. The summed E-state index contributed by atoms with van der Waals surface area (Å²) in [5, 5.41) is 5.17. The molecule has 0 aliphatic rings. The van der Waals surface area contributed by atoms with Crippen molar-refractivity contribution in [2.75, 3.05) is 0 Å². The number of carbonyl (C=O) groups is 1. The minimum Gasteiger partial charge on any atom is -0.283 e. The maximum atomic E-state index is 13.2. The summed E-state index contributed by atoms with van der Waals surface area (Å²) in [6.45, 7) is 0. The number of halogens is 1. The second-order valence-corrected chi connectivity index (χ2v) is 12.7. The van der Waals surface area contributed by atoms with E-state index >= 15 is 0 Å². The molecule has 0 saturated carbocycles. The van der Waals surface area contributed by atoms with Crippen LogP contribution in [0.25, 0.3) is 10.9 Å². The second-order valence-electron chi connectivity index (χ2n) is 9.22. The quantitative estimate of drug-likeness (QED) is 0.189. The SMILES string of the molecule is Br.O=C(c1ccccc1)n1ccc2cc(C[P+](c3ccccc3)(c3ccccc3)c3ccccc3)ccc21. The van der Waals surface area contributed by atoms with Crippen molar-refractivity contribution in [3.05, 3.63) is 163 Å². The third kappa shape index (κ3) is 4.76. The summed E-state index contributed by atoms with van der Waals surface area (Å²) < 4.78 is 1.75. The predicted molar refractivity (Wildman–Crippen MR) is 167 cm³/mol. The summed E-state index contributed by atoms with van der Waals surface area (Å²) in [6, 6.07) is 50.9. The third-order valence-corrected chi connectivity index (χ3v) is 11.4. The van der Waals surface area contributed by atoms with Crippen LogP contribution >= 0.6 is 24.2 Å². The Bertz CT molecular complexity index is 1550. The fraction of sp³-hybridized carbons (Fsp3) is 0.0294. The van der Waals surface area contributed by atoms with Gasteiger partial charge in [0.2, 0.25) is 0 Å². The predicted octanol–water partition coefficient (Wildman–Crippen LogP) is 7.40. The van der Waals surface area contributed by atoms with Gasteiger partial charge in [0.15, 0.2) is 0 Å². The first-order valence-corrected chi connectivity index (χ1v) is 14.5. The smallest absolute Gasteiger partial charge is 0.262 e. The summed E-state index contributed by atoms with van der Waals surface area (Å²) in [4.78, 5) is 13.2. The van der Waals surface area contributed by atoms with Gasteiger partial charge < -0.3 is 0 Å². The normalized spacial score (nSPS) is 11.2. The maximum Gasteiger partial charge on any atom is 0.262 e. The molecule has 186 valence electrons. The van der Waals surface area contributed by atoms with Crippen LogP contribution in [0.4, 0.5) is 0 Å². The molecule has 0 fully saturated rings. The van der Waals surface area contributed by atoms with Crippen LogP contribution in [0, 0.1) is 0 Å². The van der Waals surface area contributed by atoms with Gasteiger partial charge in [-0.05, 0) is 72.3 Å². The van der Waals surface area contributed by atoms with Crippen molar-refractivity contribution in [3.63, 3.8) is 0 Å². The van der Waals surface area contributed by atoms with Crippen molar-refractivity contribution in [1.29, 1.82) is 0 Å². The van der Waals surface area contributed by atoms with E-state index in [2.05, 4.69) is 109 Å². The first-order valence-electron chi connectivity index (χ1n) is 12.5. The van der Waals surface area contributed by atoms with Crippen molar-refractivity contribution >= 4 is 57.0 Å². The topological polar surface area (TPSA) is 22.0 Å². The molecule has 2 nitrogen and oxygen atoms in total. The summed E-state index contributed by atoms with van der Waals surface area (Å²) in [5.74, 6) is -0.0111. The lowest BCUT2D eigenvalue weighted by molar-refractivity contribution is 0.0965. The fourth-order valence-corrected chi connectivity index (χ4v) is 9.46. The molecular weight excluding hydrogens is 549 g/mol. The molecule has 4 heteroatoms. The minimum absolute atomic E-state index is 0. The Balaban J connectivity index is 0.00000294. The molecule has 0 saturated heterocycles. The Hall–Kier alpha value is -3.78. The van der Waals surface area contributed by atoms with Crippen LogP contribution in [-0.4, -0.2) is 10.5 Å². The van der Waals surface area contributed by atoms with Gasteiger partial charge in [-0.1, -0.05) is 78.9 Å². The molecule has 6 rings (SSSR count). The molecule has 0 amide bonds. The van der Waals surface area contributed by atoms with Crippen molar-refractivity contribution in [1.82, 2.24) is 4.57 Å². The van der Waals surface area contributed by atoms with E-state index in [-0.39, 0.29) is 22.9 Å². The van der Waals surface area contributed by atoms with Crippen molar-refractivity contribution in [2.45, 2.75) is 6.16 Å². The van der Waals surface area contributed by atoms with E-state index in [1.165, 1.54) is 21.5 Å². The highest BCUT2D eigenvalue weighted by Gasteiger charge is 2.45. The van der Waals surface area contributed by atoms with E-state index in [0.29, 0.717) is 5.56 Å². The Morgan fingerprint density at radius 3 is 1.55 bits per heavy atom. The Morgan fingerprint density at radius 2 is 1.05 bits per heavy atom. The van der Waals surface area contributed by atoms with E-state index in [1.807, 2.05) is 42.6 Å². The van der Waals surface area contributed by atoms with Crippen molar-refractivity contribution in [3.8, 4) is 0 Å². The van der Waals surface area contributed by atoms with Gasteiger partial charge in [-0.25, -0.2) is 0 Å². The third-order valence-electron chi connectivity index (χ3n) is 7.00. The number of fused-ring (bicyclic) bond motifs is 1. The summed E-state index contributed by atoms with van der Waals surface area (Å²) in [7, 11) is -1.99. The summed E-state index contributed by atoms with van der Waals surface area (Å²) in [6.07, 6.45) is 2.79. The Kier molecular flexibility index (Phi) is 7.69. The molecule has 5 aromatic carbocycles. The van der Waals surface area contributed by atoms with E-state index in [0.717, 1.165) is 17.1 Å².